The van der Waals surface area contributed by atoms with Crippen molar-refractivity contribution >= 4 is 5.97 Å². The van der Waals surface area contributed by atoms with Crippen LogP contribution in [-0.4, -0.2) is 60.5 Å². The van der Waals surface area contributed by atoms with Crippen LogP contribution < -0.4 is 0 Å². The van der Waals surface area contributed by atoms with Crippen molar-refractivity contribution in [2.45, 2.75) is 31.9 Å². The van der Waals surface area contributed by atoms with Crippen LogP contribution in [0.25, 0.3) is 0 Å². The molecule has 0 aromatic carbocycles. The maximum Gasteiger partial charge on any atom is 0.338 e. The number of aliphatic hydroxyl groups is 1. The van der Waals surface area contributed by atoms with Crippen LogP contribution in [0, 0.1) is 0 Å². The van der Waals surface area contributed by atoms with Gasteiger partial charge in [0.2, 0.25) is 0 Å². The molecule has 16 heavy (non-hydrogen) atoms. The number of ether oxygens (including phenoxy) is 2. The zero-order valence-electron chi connectivity index (χ0n) is 10.4. The fourth-order valence-corrected chi connectivity index (χ4v) is 1.84. The predicted molar refractivity (Wildman–Crippen MR) is 59.1 cm³/mol. The third-order valence-electron chi connectivity index (χ3n) is 2.94. The maximum absolute atomic E-state index is 11.4. The first kappa shape index (κ1) is 13.4. The van der Waals surface area contributed by atoms with Gasteiger partial charge in [-0.1, -0.05) is 0 Å². The summed E-state index contributed by atoms with van der Waals surface area (Å²) in [6, 6.07) is 0. The molecule has 1 aliphatic rings. The molecule has 0 aromatic heterocycles. The minimum atomic E-state index is -1.47. The van der Waals surface area contributed by atoms with Crippen molar-refractivity contribution in [2.75, 3.05) is 33.4 Å². The number of β-amino-alcohol motifs (C(OH)–C–C–N with tert-alkyl or cyclic N) is 1. The zero-order valence-corrected chi connectivity index (χ0v) is 10.4. The summed E-state index contributed by atoms with van der Waals surface area (Å²) in [6.45, 7) is 7.73. The van der Waals surface area contributed by atoms with Gasteiger partial charge in [0, 0.05) is 18.6 Å². The zero-order chi connectivity index (χ0) is 12.4. The number of methoxy groups -OCH3 is 1. The molecule has 0 spiro atoms. The Balaban J connectivity index is 2.68. The number of rotatable bonds is 3. The Bertz CT molecular complexity index is 263. The standard InChI is InChI=1S/C11H21NO4/c1-10(2)8-16-6-5-12(10)7-11(3,14)9(13)15-4/h14H,5-8H2,1-4H3. The molecule has 1 saturated heterocycles. The third-order valence-corrected chi connectivity index (χ3v) is 2.94. The quantitative estimate of drug-likeness (QED) is 0.694. The SMILES string of the molecule is COC(=O)C(C)(O)CN1CCOCC1(C)C. The average Bonchev–Trinajstić information content (AvgIpc) is 2.19. The Morgan fingerprint density at radius 2 is 2.25 bits per heavy atom. The van der Waals surface area contributed by atoms with Crippen molar-refractivity contribution in [3.05, 3.63) is 0 Å². The predicted octanol–water partition coefficient (Wildman–Crippen LogP) is 0.0212. The lowest BCUT2D eigenvalue weighted by atomic mass is 9.98. The highest BCUT2D eigenvalue weighted by Gasteiger charge is 2.39. The van der Waals surface area contributed by atoms with Gasteiger partial charge in [-0.15, -0.1) is 0 Å². The molecule has 0 aliphatic carbocycles. The Hall–Kier alpha value is -0.650. The van der Waals surface area contributed by atoms with E-state index in [1.165, 1.54) is 14.0 Å². The number of morpholine rings is 1. The van der Waals surface area contributed by atoms with Crippen molar-refractivity contribution in [1.29, 1.82) is 0 Å². The van der Waals surface area contributed by atoms with Gasteiger partial charge in [0.25, 0.3) is 0 Å². The van der Waals surface area contributed by atoms with Crippen LogP contribution in [0.4, 0.5) is 0 Å². The van der Waals surface area contributed by atoms with Crippen LogP contribution >= 0.6 is 0 Å². The lowest BCUT2D eigenvalue weighted by molar-refractivity contribution is -0.166. The van der Waals surface area contributed by atoms with E-state index in [-0.39, 0.29) is 12.1 Å². The molecule has 5 nitrogen and oxygen atoms in total. The summed E-state index contributed by atoms with van der Waals surface area (Å²) in [6.07, 6.45) is 0. The second kappa shape index (κ2) is 4.69. The van der Waals surface area contributed by atoms with E-state index in [0.29, 0.717) is 19.8 Å². The summed E-state index contributed by atoms with van der Waals surface area (Å²) >= 11 is 0. The lowest BCUT2D eigenvalue weighted by Gasteiger charge is -2.44. The summed E-state index contributed by atoms with van der Waals surface area (Å²) in [5, 5.41) is 10.0. The van der Waals surface area contributed by atoms with Gasteiger partial charge >= 0.3 is 5.97 Å². The second-order valence-corrected chi connectivity index (χ2v) is 5.05. The molecule has 0 bridgehead atoms. The smallest absolute Gasteiger partial charge is 0.338 e. The van der Waals surface area contributed by atoms with Crippen molar-refractivity contribution in [3.63, 3.8) is 0 Å². The highest BCUT2D eigenvalue weighted by Crippen LogP contribution is 2.22. The molecular formula is C11H21NO4. The highest BCUT2D eigenvalue weighted by atomic mass is 16.5. The first-order valence-electron chi connectivity index (χ1n) is 5.43. The molecule has 1 aliphatic heterocycles. The normalized spacial score (nSPS) is 24.8. The maximum atomic E-state index is 11.4. The summed E-state index contributed by atoms with van der Waals surface area (Å²) in [5.41, 5.74) is -1.64. The number of nitrogens with zero attached hydrogens (tertiary/aromatic N) is 1. The van der Waals surface area contributed by atoms with E-state index >= 15 is 0 Å². The highest BCUT2D eigenvalue weighted by molar-refractivity contribution is 5.78. The first-order chi connectivity index (χ1) is 7.29. The summed E-state index contributed by atoms with van der Waals surface area (Å²) < 4.78 is 9.95. The molecule has 5 heteroatoms. The number of hydrogen-bond acceptors (Lipinski definition) is 5. The third kappa shape index (κ3) is 2.93. The molecule has 1 atom stereocenters. The van der Waals surface area contributed by atoms with Gasteiger partial charge in [-0.05, 0) is 20.8 Å². The van der Waals surface area contributed by atoms with Crippen LogP contribution in [0.3, 0.4) is 0 Å². The molecule has 1 N–H and O–H groups in total. The second-order valence-electron chi connectivity index (χ2n) is 5.05. The molecule has 1 unspecified atom stereocenters. The monoisotopic (exact) mass is 231 g/mol. The number of esters is 1. The van der Waals surface area contributed by atoms with E-state index < -0.39 is 11.6 Å². The van der Waals surface area contributed by atoms with Crippen molar-refractivity contribution in [3.8, 4) is 0 Å². The van der Waals surface area contributed by atoms with Crippen LogP contribution in [0.2, 0.25) is 0 Å². The van der Waals surface area contributed by atoms with E-state index in [0.717, 1.165) is 0 Å². The average molecular weight is 231 g/mol. The number of hydrogen-bond donors (Lipinski definition) is 1. The molecule has 94 valence electrons. The van der Waals surface area contributed by atoms with Gasteiger partial charge in [0.1, 0.15) is 0 Å². The van der Waals surface area contributed by atoms with E-state index in [9.17, 15) is 9.90 Å². The van der Waals surface area contributed by atoms with Crippen LogP contribution in [-0.2, 0) is 14.3 Å². The molecule has 0 aromatic rings. The Kier molecular flexibility index (Phi) is 3.93. The van der Waals surface area contributed by atoms with Gasteiger partial charge < -0.3 is 14.6 Å². The van der Waals surface area contributed by atoms with Gasteiger partial charge in [-0.3, -0.25) is 4.90 Å². The number of carbonyl (C=O) groups excluding carboxylic acids is 1. The molecule has 1 rings (SSSR count). The lowest BCUT2D eigenvalue weighted by Crippen LogP contribution is -2.59. The van der Waals surface area contributed by atoms with Gasteiger partial charge in [-0.25, -0.2) is 4.79 Å². The van der Waals surface area contributed by atoms with Crippen molar-refractivity contribution < 1.29 is 19.4 Å². The van der Waals surface area contributed by atoms with Crippen LogP contribution in [0.15, 0.2) is 0 Å². The van der Waals surface area contributed by atoms with E-state index in [2.05, 4.69) is 4.74 Å². The van der Waals surface area contributed by atoms with E-state index in [1.54, 1.807) is 0 Å². The minimum Gasteiger partial charge on any atom is -0.467 e. The van der Waals surface area contributed by atoms with Crippen LogP contribution in [0.1, 0.15) is 20.8 Å². The molecule has 1 fully saturated rings. The molecule has 0 saturated carbocycles. The summed E-state index contributed by atoms with van der Waals surface area (Å²) in [4.78, 5) is 13.4. The molecule has 1 heterocycles. The van der Waals surface area contributed by atoms with E-state index in [1.807, 2.05) is 18.7 Å². The first-order valence-corrected chi connectivity index (χ1v) is 5.43. The molecular weight excluding hydrogens is 210 g/mol. The Labute approximate surface area is 96.3 Å². The van der Waals surface area contributed by atoms with E-state index in [4.69, 9.17) is 4.74 Å². The fourth-order valence-electron chi connectivity index (χ4n) is 1.84. The summed E-state index contributed by atoms with van der Waals surface area (Å²) in [7, 11) is 1.28. The van der Waals surface area contributed by atoms with Crippen molar-refractivity contribution in [2.24, 2.45) is 0 Å². The van der Waals surface area contributed by atoms with Gasteiger partial charge in [0.05, 0.1) is 20.3 Å². The minimum absolute atomic E-state index is 0.170. The number of carbonyl (C=O) groups is 1. The molecule has 0 amide bonds. The fraction of sp³-hybridized carbons (Fsp3) is 0.909. The van der Waals surface area contributed by atoms with Crippen LogP contribution in [0.5, 0.6) is 0 Å². The largest absolute Gasteiger partial charge is 0.467 e. The summed E-state index contributed by atoms with van der Waals surface area (Å²) in [5.74, 6) is -0.602. The van der Waals surface area contributed by atoms with Gasteiger partial charge in [0.15, 0.2) is 5.60 Å². The Morgan fingerprint density at radius 3 is 2.75 bits per heavy atom. The molecule has 0 radical (unpaired) electrons. The van der Waals surface area contributed by atoms with Gasteiger partial charge in [-0.2, -0.15) is 0 Å². The topological polar surface area (TPSA) is 59.0 Å². The van der Waals surface area contributed by atoms with Crippen molar-refractivity contribution in [1.82, 2.24) is 4.90 Å². The Morgan fingerprint density at radius 1 is 1.62 bits per heavy atom.